The van der Waals surface area contributed by atoms with Gasteiger partial charge >= 0.3 is 0 Å². The molecule has 0 saturated carbocycles. The van der Waals surface area contributed by atoms with Crippen LogP contribution in [0.2, 0.25) is 10.0 Å². The number of ether oxygens (including phenoxy) is 1. The molecule has 19 heavy (non-hydrogen) atoms. The maximum absolute atomic E-state index is 9.75. The number of rotatable bonds is 7. The zero-order valence-corrected chi connectivity index (χ0v) is 12.2. The summed E-state index contributed by atoms with van der Waals surface area (Å²) in [5, 5.41) is 13.8. The molecule has 1 aromatic carbocycles. The predicted octanol–water partition coefficient (Wildman–Crippen LogP) is 2.73. The highest BCUT2D eigenvalue weighted by Crippen LogP contribution is 2.26. The molecule has 0 saturated heterocycles. The molecular formula is C14H17Cl2NO2. The van der Waals surface area contributed by atoms with Gasteiger partial charge in [0.25, 0.3) is 0 Å². The van der Waals surface area contributed by atoms with Crippen molar-refractivity contribution in [2.24, 2.45) is 0 Å². The molecule has 0 aliphatic carbocycles. The second kappa shape index (κ2) is 8.29. The smallest absolute Gasteiger partial charge is 0.121 e. The van der Waals surface area contributed by atoms with Gasteiger partial charge in [-0.25, -0.2) is 0 Å². The minimum atomic E-state index is -0.616. The predicted molar refractivity (Wildman–Crippen MR) is 78.9 cm³/mol. The van der Waals surface area contributed by atoms with E-state index in [1.54, 1.807) is 18.2 Å². The maximum atomic E-state index is 9.75. The fourth-order valence-corrected chi connectivity index (χ4v) is 1.69. The number of benzene rings is 1. The summed E-state index contributed by atoms with van der Waals surface area (Å²) in [6.07, 6.45) is 5.21. The number of halogens is 2. The zero-order valence-electron chi connectivity index (χ0n) is 10.7. The van der Waals surface area contributed by atoms with Gasteiger partial charge in [0.15, 0.2) is 0 Å². The molecule has 0 fully saturated rings. The van der Waals surface area contributed by atoms with Crippen LogP contribution in [0.25, 0.3) is 0 Å². The van der Waals surface area contributed by atoms with Gasteiger partial charge in [0.2, 0.25) is 0 Å². The summed E-state index contributed by atoms with van der Waals surface area (Å²) in [5.41, 5.74) is 0. The lowest BCUT2D eigenvalue weighted by Gasteiger charge is -2.16. The molecule has 5 heteroatoms. The van der Waals surface area contributed by atoms with Crippen molar-refractivity contribution in [3.63, 3.8) is 0 Å². The minimum Gasteiger partial charge on any atom is -0.491 e. The number of hydrogen-bond donors (Lipinski definition) is 2. The van der Waals surface area contributed by atoms with Crippen molar-refractivity contribution in [1.29, 1.82) is 0 Å². The molecule has 0 amide bonds. The lowest BCUT2D eigenvalue weighted by Crippen LogP contribution is -2.36. The van der Waals surface area contributed by atoms with E-state index in [0.29, 0.717) is 28.8 Å². The Morgan fingerprint density at radius 3 is 2.79 bits per heavy atom. The summed E-state index contributed by atoms with van der Waals surface area (Å²) in [4.78, 5) is 0. The Kier molecular flexibility index (Phi) is 7.04. The van der Waals surface area contributed by atoms with Gasteiger partial charge in [0.05, 0.1) is 10.0 Å². The summed E-state index contributed by atoms with van der Waals surface area (Å²) < 4.78 is 5.42. The second-order valence-corrected chi connectivity index (χ2v) is 5.07. The van der Waals surface area contributed by atoms with Crippen molar-refractivity contribution >= 4 is 23.2 Å². The highest BCUT2D eigenvalue weighted by atomic mass is 35.5. The summed E-state index contributed by atoms with van der Waals surface area (Å²) in [6, 6.07) is 5.14. The molecule has 0 heterocycles. The Balaban J connectivity index is 2.31. The van der Waals surface area contributed by atoms with Crippen molar-refractivity contribution in [1.82, 2.24) is 5.32 Å². The number of hydrogen-bond acceptors (Lipinski definition) is 3. The van der Waals surface area contributed by atoms with E-state index < -0.39 is 6.10 Å². The van der Waals surface area contributed by atoms with Gasteiger partial charge in [0, 0.05) is 25.1 Å². The molecule has 0 aliphatic heterocycles. The standard InChI is InChI=1S/C14H17Cl2NO2/c1-3-4-10(2)17-8-11(18)9-19-12-5-6-13(15)14(16)7-12/h1,5-7,10-11,17-18H,4,8-9H2,2H3. The van der Waals surface area contributed by atoms with Crippen LogP contribution in [0.5, 0.6) is 5.75 Å². The van der Waals surface area contributed by atoms with Gasteiger partial charge in [-0.3, -0.25) is 0 Å². The molecular weight excluding hydrogens is 285 g/mol. The number of nitrogens with one attached hydrogen (secondary N) is 1. The summed E-state index contributed by atoms with van der Waals surface area (Å²) in [6.45, 7) is 2.56. The number of aliphatic hydroxyl groups excluding tert-OH is 1. The van der Waals surface area contributed by atoms with Gasteiger partial charge < -0.3 is 15.2 Å². The first-order valence-corrected chi connectivity index (χ1v) is 6.71. The largest absolute Gasteiger partial charge is 0.491 e. The molecule has 2 N–H and O–H groups in total. The van der Waals surface area contributed by atoms with Crippen LogP contribution in [-0.2, 0) is 0 Å². The van der Waals surface area contributed by atoms with Crippen LogP contribution in [0.4, 0.5) is 0 Å². The summed E-state index contributed by atoms with van der Waals surface area (Å²) in [5.74, 6) is 3.13. The molecule has 0 aliphatic rings. The van der Waals surface area contributed by atoms with Crippen LogP contribution in [0.15, 0.2) is 18.2 Å². The van der Waals surface area contributed by atoms with Crippen LogP contribution in [-0.4, -0.2) is 30.4 Å². The zero-order chi connectivity index (χ0) is 14.3. The number of terminal acetylenes is 1. The first kappa shape index (κ1) is 16.1. The lowest BCUT2D eigenvalue weighted by molar-refractivity contribution is 0.104. The van der Waals surface area contributed by atoms with Gasteiger partial charge in [0.1, 0.15) is 18.5 Å². The van der Waals surface area contributed by atoms with E-state index in [9.17, 15) is 5.11 Å². The van der Waals surface area contributed by atoms with E-state index in [-0.39, 0.29) is 12.6 Å². The fraction of sp³-hybridized carbons (Fsp3) is 0.429. The maximum Gasteiger partial charge on any atom is 0.121 e. The normalized spacial score (nSPS) is 13.6. The van der Waals surface area contributed by atoms with Gasteiger partial charge in [-0.1, -0.05) is 23.2 Å². The van der Waals surface area contributed by atoms with Crippen LogP contribution >= 0.6 is 23.2 Å². The van der Waals surface area contributed by atoms with Crippen molar-refractivity contribution in [2.45, 2.75) is 25.5 Å². The van der Waals surface area contributed by atoms with Gasteiger partial charge in [-0.05, 0) is 19.1 Å². The van der Waals surface area contributed by atoms with E-state index in [0.717, 1.165) is 0 Å². The summed E-state index contributed by atoms with van der Waals surface area (Å²) in [7, 11) is 0. The molecule has 0 spiro atoms. The van der Waals surface area contributed by atoms with Crippen molar-refractivity contribution in [3.05, 3.63) is 28.2 Å². The van der Waals surface area contributed by atoms with Crippen LogP contribution in [0.1, 0.15) is 13.3 Å². The molecule has 104 valence electrons. The Bertz CT molecular complexity index is 446. The van der Waals surface area contributed by atoms with Crippen LogP contribution < -0.4 is 10.1 Å². The van der Waals surface area contributed by atoms with E-state index in [1.807, 2.05) is 6.92 Å². The van der Waals surface area contributed by atoms with Crippen molar-refractivity contribution < 1.29 is 9.84 Å². The Labute approximate surface area is 123 Å². The fourth-order valence-electron chi connectivity index (χ4n) is 1.40. The monoisotopic (exact) mass is 301 g/mol. The highest BCUT2D eigenvalue weighted by Gasteiger charge is 2.08. The van der Waals surface area contributed by atoms with E-state index in [4.69, 9.17) is 34.4 Å². The first-order valence-electron chi connectivity index (χ1n) is 5.95. The number of aliphatic hydroxyl groups is 1. The van der Waals surface area contributed by atoms with Crippen molar-refractivity contribution in [3.8, 4) is 18.1 Å². The highest BCUT2D eigenvalue weighted by molar-refractivity contribution is 6.42. The van der Waals surface area contributed by atoms with Crippen LogP contribution in [0.3, 0.4) is 0 Å². The molecule has 1 rings (SSSR count). The summed E-state index contributed by atoms with van der Waals surface area (Å²) >= 11 is 11.7. The molecule has 1 aromatic rings. The Morgan fingerprint density at radius 1 is 1.42 bits per heavy atom. The molecule has 0 radical (unpaired) electrons. The van der Waals surface area contributed by atoms with Gasteiger partial charge in [-0.2, -0.15) is 0 Å². The molecule has 3 nitrogen and oxygen atoms in total. The Morgan fingerprint density at radius 2 is 2.16 bits per heavy atom. The SMILES string of the molecule is C#CCC(C)NCC(O)COc1ccc(Cl)c(Cl)c1. The molecule has 0 aromatic heterocycles. The first-order chi connectivity index (χ1) is 9.02. The topological polar surface area (TPSA) is 41.5 Å². The van der Waals surface area contributed by atoms with E-state index in [1.165, 1.54) is 0 Å². The van der Waals surface area contributed by atoms with Crippen LogP contribution in [0, 0.1) is 12.3 Å². The minimum absolute atomic E-state index is 0.171. The molecule has 2 unspecified atom stereocenters. The lowest BCUT2D eigenvalue weighted by atomic mass is 10.2. The average molecular weight is 302 g/mol. The van der Waals surface area contributed by atoms with E-state index in [2.05, 4.69) is 11.2 Å². The Hall–Kier alpha value is -0.920. The quantitative estimate of drug-likeness (QED) is 0.761. The average Bonchev–Trinajstić information content (AvgIpc) is 2.38. The van der Waals surface area contributed by atoms with E-state index >= 15 is 0 Å². The molecule has 2 atom stereocenters. The third-order valence-electron chi connectivity index (χ3n) is 2.46. The van der Waals surface area contributed by atoms with Crippen molar-refractivity contribution in [2.75, 3.05) is 13.2 Å². The van der Waals surface area contributed by atoms with Gasteiger partial charge in [-0.15, -0.1) is 12.3 Å². The molecule has 0 bridgehead atoms. The third-order valence-corrected chi connectivity index (χ3v) is 3.20. The second-order valence-electron chi connectivity index (χ2n) is 4.26. The third kappa shape index (κ3) is 6.17.